The van der Waals surface area contributed by atoms with Gasteiger partial charge in [0.2, 0.25) is 5.91 Å². The first-order valence-electron chi connectivity index (χ1n) is 8.36. The van der Waals surface area contributed by atoms with E-state index >= 15 is 0 Å². The predicted molar refractivity (Wildman–Crippen MR) is 92.3 cm³/mol. The quantitative estimate of drug-likeness (QED) is 0.677. The van der Waals surface area contributed by atoms with Crippen molar-refractivity contribution >= 4 is 21.5 Å². The number of likely N-dealkylation sites (N-methyl/N-ethyl adjacent to an activating group) is 1. The van der Waals surface area contributed by atoms with E-state index in [1.165, 1.54) is 6.92 Å². The summed E-state index contributed by atoms with van der Waals surface area (Å²) in [5, 5.41) is 4.31. The van der Waals surface area contributed by atoms with Crippen LogP contribution in [0, 0.1) is 13.8 Å². The number of Topliss-reactive ketones (excluding diaryl/α,β-unsaturated/α-hetero) is 1. The Bertz CT molecular complexity index is 829. The molecule has 1 amide bonds. The molecular formula is C16H24N4O4S. The number of carbonyl (C=O) groups is 2. The number of piperazine rings is 1. The van der Waals surface area contributed by atoms with Gasteiger partial charge in [0.1, 0.15) is 6.54 Å². The molecule has 3 rings (SSSR count). The van der Waals surface area contributed by atoms with Crippen LogP contribution < -0.4 is 0 Å². The fourth-order valence-electron chi connectivity index (χ4n) is 4.02. The van der Waals surface area contributed by atoms with E-state index in [2.05, 4.69) is 5.10 Å². The molecule has 0 spiro atoms. The molecule has 2 aliphatic heterocycles. The van der Waals surface area contributed by atoms with Gasteiger partial charge < -0.3 is 4.90 Å². The van der Waals surface area contributed by atoms with Gasteiger partial charge in [0, 0.05) is 24.8 Å². The Labute approximate surface area is 147 Å². The van der Waals surface area contributed by atoms with Crippen LogP contribution >= 0.6 is 0 Å². The molecule has 0 saturated carbocycles. The van der Waals surface area contributed by atoms with Crippen molar-refractivity contribution in [3.63, 3.8) is 0 Å². The molecule has 2 atom stereocenters. The lowest BCUT2D eigenvalue weighted by Crippen LogP contribution is -2.59. The van der Waals surface area contributed by atoms with Crippen LogP contribution in [0.25, 0.3) is 0 Å². The molecule has 1 aromatic heterocycles. The Hall–Kier alpha value is -1.74. The van der Waals surface area contributed by atoms with E-state index in [1.807, 2.05) is 11.9 Å². The minimum Gasteiger partial charge on any atom is -0.334 e. The van der Waals surface area contributed by atoms with Crippen LogP contribution in [-0.2, 0) is 21.2 Å². The molecule has 1 aromatic rings. The normalized spacial score (nSPS) is 25.8. The van der Waals surface area contributed by atoms with Gasteiger partial charge in [0.15, 0.2) is 15.6 Å². The van der Waals surface area contributed by atoms with Gasteiger partial charge in [0.25, 0.3) is 0 Å². The minimum atomic E-state index is -3.13. The van der Waals surface area contributed by atoms with Crippen LogP contribution in [0.3, 0.4) is 0 Å². The zero-order chi connectivity index (χ0) is 18.5. The Morgan fingerprint density at radius 3 is 2.40 bits per heavy atom. The van der Waals surface area contributed by atoms with Crippen molar-refractivity contribution in [1.82, 2.24) is 19.6 Å². The van der Waals surface area contributed by atoms with Gasteiger partial charge in [-0.05, 0) is 27.8 Å². The summed E-state index contributed by atoms with van der Waals surface area (Å²) >= 11 is 0. The predicted octanol–water partition coefficient (Wildman–Crippen LogP) is -0.358. The molecule has 8 nitrogen and oxygen atoms in total. The molecule has 0 bridgehead atoms. The highest BCUT2D eigenvalue weighted by Gasteiger charge is 2.46. The monoisotopic (exact) mass is 368 g/mol. The lowest BCUT2D eigenvalue weighted by molar-refractivity contribution is -0.137. The molecule has 0 radical (unpaired) electrons. The number of aromatic nitrogens is 2. The smallest absolute Gasteiger partial charge is 0.244 e. The van der Waals surface area contributed by atoms with E-state index in [1.54, 1.807) is 23.4 Å². The maximum atomic E-state index is 12.8. The van der Waals surface area contributed by atoms with Crippen LogP contribution in [0.5, 0.6) is 0 Å². The average molecular weight is 368 g/mol. The van der Waals surface area contributed by atoms with Crippen molar-refractivity contribution in [2.45, 2.75) is 39.4 Å². The number of sulfone groups is 1. The number of hydrogen-bond donors (Lipinski definition) is 0. The summed E-state index contributed by atoms with van der Waals surface area (Å²) in [6.45, 7) is 6.19. The largest absolute Gasteiger partial charge is 0.334 e. The molecule has 2 aliphatic rings. The van der Waals surface area contributed by atoms with Gasteiger partial charge in [-0.1, -0.05) is 0 Å². The molecule has 25 heavy (non-hydrogen) atoms. The first-order valence-corrected chi connectivity index (χ1v) is 10.2. The van der Waals surface area contributed by atoms with E-state index in [4.69, 9.17) is 0 Å². The van der Waals surface area contributed by atoms with Crippen LogP contribution in [-0.4, -0.2) is 83.4 Å². The number of fused-ring (bicyclic) bond motifs is 1. The van der Waals surface area contributed by atoms with Gasteiger partial charge in [-0.25, -0.2) is 8.42 Å². The summed E-state index contributed by atoms with van der Waals surface area (Å²) in [7, 11) is -1.22. The van der Waals surface area contributed by atoms with E-state index in [9.17, 15) is 18.0 Å². The van der Waals surface area contributed by atoms with E-state index in [-0.39, 0.29) is 41.8 Å². The van der Waals surface area contributed by atoms with E-state index in [0.717, 1.165) is 0 Å². The molecule has 9 heteroatoms. The molecule has 2 fully saturated rings. The molecular weight excluding hydrogens is 344 g/mol. The summed E-state index contributed by atoms with van der Waals surface area (Å²) in [5.41, 5.74) is 1.83. The zero-order valence-corrected chi connectivity index (χ0v) is 15.8. The van der Waals surface area contributed by atoms with Gasteiger partial charge in [-0.15, -0.1) is 0 Å². The van der Waals surface area contributed by atoms with E-state index < -0.39 is 9.84 Å². The fourth-order valence-corrected chi connectivity index (χ4v) is 6.07. The van der Waals surface area contributed by atoms with Gasteiger partial charge in [-0.2, -0.15) is 5.10 Å². The van der Waals surface area contributed by atoms with Gasteiger partial charge >= 0.3 is 0 Å². The second-order valence-corrected chi connectivity index (χ2v) is 9.19. The summed E-state index contributed by atoms with van der Waals surface area (Å²) in [6, 6.07) is -0.448. The van der Waals surface area contributed by atoms with Crippen LogP contribution in [0.1, 0.15) is 28.7 Å². The number of ketones is 1. The van der Waals surface area contributed by atoms with Crippen LogP contribution in [0.4, 0.5) is 0 Å². The van der Waals surface area contributed by atoms with Crippen molar-refractivity contribution in [1.29, 1.82) is 0 Å². The molecule has 138 valence electrons. The second kappa shape index (κ2) is 6.21. The second-order valence-electron chi connectivity index (χ2n) is 7.04. The summed E-state index contributed by atoms with van der Waals surface area (Å²) < 4.78 is 25.6. The lowest BCUT2D eigenvalue weighted by Gasteiger charge is -2.42. The topological polar surface area (TPSA) is 92.6 Å². The minimum absolute atomic E-state index is 0.0174. The van der Waals surface area contributed by atoms with Crippen molar-refractivity contribution in [3.05, 3.63) is 17.0 Å². The Morgan fingerprint density at radius 1 is 1.16 bits per heavy atom. The first-order chi connectivity index (χ1) is 11.6. The lowest BCUT2D eigenvalue weighted by atomic mass is 10.1. The third kappa shape index (κ3) is 3.22. The van der Waals surface area contributed by atoms with Crippen LogP contribution in [0.2, 0.25) is 0 Å². The summed E-state index contributed by atoms with van der Waals surface area (Å²) in [5.74, 6) is -0.105. The van der Waals surface area contributed by atoms with Crippen molar-refractivity contribution in [3.8, 4) is 0 Å². The SMILES string of the molecule is CC(=O)c1c(C)nn(CC(=O)N2CCN(C)[C@H]3CS(=O)(=O)C[C@H]32)c1C. The number of hydrogen-bond acceptors (Lipinski definition) is 6. The number of aryl methyl sites for hydroxylation is 1. The third-order valence-corrected chi connectivity index (χ3v) is 6.99. The highest BCUT2D eigenvalue weighted by Crippen LogP contribution is 2.26. The van der Waals surface area contributed by atoms with Gasteiger partial charge in [0.05, 0.1) is 28.8 Å². The average Bonchev–Trinajstić information content (AvgIpc) is 2.95. The highest BCUT2D eigenvalue weighted by molar-refractivity contribution is 7.91. The van der Waals surface area contributed by atoms with Crippen molar-refractivity contribution in [2.24, 2.45) is 0 Å². The Kier molecular flexibility index (Phi) is 4.48. The maximum absolute atomic E-state index is 12.8. The van der Waals surface area contributed by atoms with Crippen LogP contribution in [0.15, 0.2) is 0 Å². The number of carbonyl (C=O) groups excluding carboxylic acids is 2. The Balaban J connectivity index is 1.82. The molecule has 0 N–H and O–H groups in total. The van der Waals surface area contributed by atoms with Crippen molar-refractivity contribution in [2.75, 3.05) is 31.6 Å². The maximum Gasteiger partial charge on any atom is 0.244 e. The standard InChI is InChI=1S/C16H24N4O4S/c1-10-16(12(3)21)11(2)20(17-10)7-15(22)19-6-5-18(4)13-8-25(23,24)9-14(13)19/h13-14H,5-9H2,1-4H3/t13-,14+/m0/s1. The highest BCUT2D eigenvalue weighted by atomic mass is 32.2. The molecule has 0 aromatic carbocycles. The Morgan fingerprint density at radius 2 is 1.80 bits per heavy atom. The summed E-state index contributed by atoms with van der Waals surface area (Å²) in [6.07, 6.45) is 0. The number of rotatable bonds is 3. The first kappa shape index (κ1) is 18.1. The molecule has 3 heterocycles. The van der Waals surface area contributed by atoms with Gasteiger partial charge in [-0.3, -0.25) is 19.2 Å². The molecule has 2 saturated heterocycles. The third-order valence-electron chi connectivity index (χ3n) is 5.29. The zero-order valence-electron chi connectivity index (χ0n) is 15.0. The van der Waals surface area contributed by atoms with Crippen molar-refractivity contribution < 1.29 is 18.0 Å². The molecule has 0 unspecified atom stereocenters. The summed E-state index contributed by atoms with van der Waals surface area (Å²) in [4.78, 5) is 28.3. The molecule has 0 aliphatic carbocycles. The number of amides is 1. The number of nitrogens with zero attached hydrogens (tertiary/aromatic N) is 4. The fraction of sp³-hybridized carbons (Fsp3) is 0.688. The van der Waals surface area contributed by atoms with E-state index in [0.29, 0.717) is 30.0 Å².